The summed E-state index contributed by atoms with van der Waals surface area (Å²) < 4.78 is 11.4. The molecule has 146 valence electrons. The van der Waals surface area contributed by atoms with Crippen LogP contribution >= 0.6 is 11.6 Å². The van der Waals surface area contributed by atoms with E-state index in [4.69, 9.17) is 20.8 Å². The van der Waals surface area contributed by atoms with Crippen LogP contribution in [-0.4, -0.2) is 17.5 Å². The van der Waals surface area contributed by atoms with Gasteiger partial charge in [0.25, 0.3) is 5.91 Å². The third-order valence-corrected chi connectivity index (χ3v) is 4.69. The molecular weight excluding hydrogens is 388 g/mol. The van der Waals surface area contributed by atoms with Gasteiger partial charge in [-0.05, 0) is 79.6 Å². The van der Waals surface area contributed by atoms with Crippen LogP contribution in [0.4, 0.5) is 5.69 Å². The molecule has 0 saturated carbocycles. The molecule has 3 aromatic carbocycles. The quantitative estimate of drug-likeness (QED) is 0.456. The van der Waals surface area contributed by atoms with Crippen molar-refractivity contribution in [3.63, 3.8) is 0 Å². The fourth-order valence-corrected chi connectivity index (χ4v) is 3.20. The molecule has 0 fully saturated rings. The number of benzene rings is 3. The fourth-order valence-electron chi connectivity index (χ4n) is 2.97. The molecule has 0 bridgehead atoms. The van der Waals surface area contributed by atoms with E-state index in [1.54, 1.807) is 30.3 Å². The first-order valence-electron chi connectivity index (χ1n) is 9.14. The molecule has 0 aliphatic carbocycles. The molecule has 0 saturated heterocycles. The van der Waals surface area contributed by atoms with Gasteiger partial charge in [0.15, 0.2) is 12.2 Å². The highest BCUT2D eigenvalue weighted by Gasteiger charge is 2.10. The smallest absolute Gasteiger partial charge is 0.262 e. The highest BCUT2D eigenvalue weighted by molar-refractivity contribution is 6.30. The minimum atomic E-state index is -0.246. The van der Waals surface area contributed by atoms with Gasteiger partial charge >= 0.3 is 0 Å². The summed E-state index contributed by atoms with van der Waals surface area (Å²) in [5.41, 5.74) is 5.09. The van der Waals surface area contributed by atoms with Gasteiger partial charge in [0.1, 0.15) is 11.3 Å². The molecule has 6 heteroatoms. The number of carbonyl (C=O) groups is 1. The Balaban J connectivity index is 1.40. The molecule has 0 radical (unpaired) electrons. The maximum absolute atomic E-state index is 12.2. The first-order chi connectivity index (χ1) is 14.0. The Hall–Kier alpha value is -3.31. The van der Waals surface area contributed by atoms with E-state index in [9.17, 15) is 4.79 Å². The summed E-state index contributed by atoms with van der Waals surface area (Å²) in [6.07, 6.45) is 0. The molecule has 0 unspecified atom stereocenters. The van der Waals surface area contributed by atoms with Gasteiger partial charge in [0, 0.05) is 16.3 Å². The summed E-state index contributed by atoms with van der Waals surface area (Å²) in [4.78, 5) is 16.7. The molecule has 5 nitrogen and oxygen atoms in total. The fraction of sp³-hybridized carbons (Fsp3) is 0.130. The maximum Gasteiger partial charge on any atom is 0.262 e. The van der Waals surface area contributed by atoms with Crippen molar-refractivity contribution in [3.05, 3.63) is 76.8 Å². The van der Waals surface area contributed by atoms with Crippen LogP contribution in [0, 0.1) is 13.8 Å². The predicted octanol–water partition coefficient (Wildman–Crippen LogP) is 5.78. The van der Waals surface area contributed by atoms with E-state index < -0.39 is 0 Å². The van der Waals surface area contributed by atoms with Gasteiger partial charge in [-0.2, -0.15) is 0 Å². The van der Waals surface area contributed by atoms with Crippen molar-refractivity contribution in [2.24, 2.45) is 0 Å². The van der Waals surface area contributed by atoms with Crippen LogP contribution in [0.1, 0.15) is 11.1 Å². The third kappa shape index (κ3) is 4.41. The van der Waals surface area contributed by atoms with Crippen molar-refractivity contribution in [3.8, 4) is 17.2 Å². The van der Waals surface area contributed by atoms with Crippen LogP contribution in [0.25, 0.3) is 22.6 Å². The second kappa shape index (κ2) is 7.97. The minimum Gasteiger partial charge on any atom is -0.483 e. The number of hydrogen-bond acceptors (Lipinski definition) is 4. The van der Waals surface area contributed by atoms with Crippen molar-refractivity contribution in [1.82, 2.24) is 4.98 Å². The lowest BCUT2D eigenvalue weighted by Gasteiger charge is -2.10. The number of nitrogens with zero attached hydrogens (tertiary/aromatic N) is 1. The summed E-state index contributed by atoms with van der Waals surface area (Å²) in [6.45, 7) is 3.81. The van der Waals surface area contributed by atoms with Gasteiger partial charge in [-0.1, -0.05) is 17.7 Å². The van der Waals surface area contributed by atoms with Crippen molar-refractivity contribution in [2.75, 3.05) is 11.9 Å². The Morgan fingerprint density at radius 2 is 1.86 bits per heavy atom. The van der Waals surface area contributed by atoms with E-state index in [1.165, 1.54) is 0 Å². The number of fused-ring (bicyclic) bond motifs is 1. The maximum atomic E-state index is 12.2. The summed E-state index contributed by atoms with van der Waals surface area (Å²) >= 11 is 5.93. The van der Waals surface area contributed by atoms with E-state index in [2.05, 4.69) is 10.3 Å². The largest absolute Gasteiger partial charge is 0.483 e. The molecule has 0 aliphatic rings. The zero-order valence-electron chi connectivity index (χ0n) is 16.0. The SMILES string of the molecule is Cc1ccc2oc(-c3ccc(NC(=O)COc4ccc(Cl)cc4C)cc3)nc2c1. The average molecular weight is 407 g/mol. The molecule has 1 N–H and O–H groups in total. The Morgan fingerprint density at radius 1 is 1.07 bits per heavy atom. The number of hydrogen-bond donors (Lipinski definition) is 1. The number of aromatic nitrogens is 1. The number of carbonyl (C=O) groups excluding carboxylic acids is 1. The van der Waals surface area contributed by atoms with Crippen LogP contribution in [0.2, 0.25) is 5.02 Å². The van der Waals surface area contributed by atoms with Gasteiger partial charge in [-0.15, -0.1) is 0 Å². The zero-order valence-corrected chi connectivity index (χ0v) is 16.8. The van der Waals surface area contributed by atoms with Crippen LogP contribution in [-0.2, 0) is 4.79 Å². The topological polar surface area (TPSA) is 64.4 Å². The normalized spacial score (nSPS) is 10.9. The van der Waals surface area contributed by atoms with E-state index in [0.29, 0.717) is 22.4 Å². The van der Waals surface area contributed by atoms with Crippen molar-refractivity contribution in [2.45, 2.75) is 13.8 Å². The van der Waals surface area contributed by atoms with E-state index >= 15 is 0 Å². The van der Waals surface area contributed by atoms with Gasteiger partial charge in [0.2, 0.25) is 5.89 Å². The van der Waals surface area contributed by atoms with Crippen LogP contribution in [0.5, 0.6) is 5.75 Å². The summed E-state index contributed by atoms with van der Waals surface area (Å²) in [7, 11) is 0. The molecule has 0 atom stereocenters. The molecule has 0 aliphatic heterocycles. The second-order valence-corrected chi connectivity index (χ2v) is 7.25. The van der Waals surface area contributed by atoms with Crippen LogP contribution in [0.3, 0.4) is 0 Å². The van der Waals surface area contributed by atoms with Gasteiger partial charge in [-0.3, -0.25) is 4.79 Å². The lowest BCUT2D eigenvalue weighted by Crippen LogP contribution is -2.20. The molecule has 29 heavy (non-hydrogen) atoms. The number of aryl methyl sites for hydroxylation is 2. The molecular formula is C23H19ClN2O3. The first-order valence-corrected chi connectivity index (χ1v) is 9.52. The van der Waals surface area contributed by atoms with Gasteiger partial charge < -0.3 is 14.5 Å². The average Bonchev–Trinajstić information content (AvgIpc) is 3.11. The predicted molar refractivity (Wildman–Crippen MR) is 114 cm³/mol. The summed E-state index contributed by atoms with van der Waals surface area (Å²) in [5.74, 6) is 0.931. The Kier molecular flexibility index (Phi) is 5.23. The third-order valence-electron chi connectivity index (χ3n) is 4.45. The Labute approximate surface area is 173 Å². The van der Waals surface area contributed by atoms with E-state index in [1.807, 2.05) is 44.2 Å². The van der Waals surface area contributed by atoms with E-state index in [0.717, 1.165) is 27.8 Å². The van der Waals surface area contributed by atoms with Crippen molar-refractivity contribution >= 4 is 34.3 Å². The molecule has 1 heterocycles. The number of amides is 1. The number of ether oxygens (including phenoxy) is 1. The molecule has 1 aromatic heterocycles. The van der Waals surface area contributed by atoms with Crippen molar-refractivity contribution in [1.29, 1.82) is 0 Å². The van der Waals surface area contributed by atoms with Gasteiger partial charge in [0.05, 0.1) is 0 Å². The molecule has 4 aromatic rings. The Bertz CT molecular complexity index is 1180. The molecule has 1 amide bonds. The van der Waals surface area contributed by atoms with Crippen molar-refractivity contribution < 1.29 is 13.9 Å². The lowest BCUT2D eigenvalue weighted by atomic mass is 10.2. The van der Waals surface area contributed by atoms with Gasteiger partial charge in [-0.25, -0.2) is 4.98 Å². The standard InChI is InChI=1S/C23H19ClN2O3/c1-14-3-9-21-19(11-14)26-23(29-21)16-4-7-18(8-5-16)25-22(27)13-28-20-10-6-17(24)12-15(20)2/h3-12H,13H2,1-2H3,(H,25,27). The number of oxazole rings is 1. The summed E-state index contributed by atoms with van der Waals surface area (Å²) in [5, 5.41) is 3.45. The van der Waals surface area contributed by atoms with Crippen LogP contribution in [0.15, 0.2) is 65.1 Å². The minimum absolute atomic E-state index is 0.0886. The summed E-state index contributed by atoms with van der Waals surface area (Å²) in [6, 6.07) is 18.5. The highest BCUT2D eigenvalue weighted by atomic mass is 35.5. The van der Waals surface area contributed by atoms with Crippen LogP contribution < -0.4 is 10.1 Å². The number of anilines is 1. The molecule has 4 rings (SSSR count). The molecule has 0 spiro atoms. The van der Waals surface area contributed by atoms with E-state index in [-0.39, 0.29) is 12.5 Å². The number of rotatable bonds is 5. The second-order valence-electron chi connectivity index (χ2n) is 6.81. The highest BCUT2D eigenvalue weighted by Crippen LogP contribution is 2.26. The zero-order chi connectivity index (χ0) is 20.4. The Morgan fingerprint density at radius 3 is 2.62 bits per heavy atom. The lowest BCUT2D eigenvalue weighted by molar-refractivity contribution is -0.118. The first kappa shape index (κ1) is 19.0. The number of nitrogens with one attached hydrogen (secondary N) is 1. The monoisotopic (exact) mass is 406 g/mol. The number of halogens is 1.